The van der Waals surface area contributed by atoms with E-state index in [0.717, 1.165) is 30.8 Å². The number of carbonyl (C=O) groups excluding carboxylic acids is 1. The fourth-order valence-corrected chi connectivity index (χ4v) is 2.04. The van der Waals surface area contributed by atoms with Crippen LogP contribution in [0.1, 0.15) is 22.5 Å². The molecule has 0 radical (unpaired) electrons. The van der Waals surface area contributed by atoms with Gasteiger partial charge in [-0.15, -0.1) is 0 Å². The van der Waals surface area contributed by atoms with Crippen molar-refractivity contribution in [1.82, 2.24) is 15.4 Å². The molecule has 6 nitrogen and oxygen atoms in total. The van der Waals surface area contributed by atoms with E-state index in [1.54, 1.807) is 0 Å². The number of nitrogens with zero attached hydrogens (tertiary/aromatic N) is 2. The Morgan fingerprint density at radius 2 is 2.33 bits per heavy atom. The van der Waals surface area contributed by atoms with E-state index in [1.165, 1.54) is 11.8 Å². The molecule has 92 valence electrons. The van der Waals surface area contributed by atoms with Crippen molar-refractivity contribution in [2.24, 2.45) is 0 Å². The van der Waals surface area contributed by atoms with Gasteiger partial charge in [-0.1, -0.05) is 6.07 Å². The van der Waals surface area contributed by atoms with Crippen LogP contribution in [-0.4, -0.2) is 27.9 Å². The van der Waals surface area contributed by atoms with Crippen molar-refractivity contribution in [3.63, 3.8) is 0 Å². The number of hydrogen-bond donors (Lipinski definition) is 3. The van der Waals surface area contributed by atoms with Crippen LogP contribution < -0.4 is 10.6 Å². The Kier molecular flexibility index (Phi) is 2.68. The third-order valence-electron chi connectivity index (χ3n) is 2.95. The molecule has 3 N–H and O–H groups in total. The molecule has 2 aromatic rings. The summed E-state index contributed by atoms with van der Waals surface area (Å²) in [6, 6.07) is 5.90. The Morgan fingerprint density at radius 3 is 3.17 bits per heavy atom. The Morgan fingerprint density at radius 1 is 1.39 bits per heavy atom. The molecule has 0 saturated heterocycles. The van der Waals surface area contributed by atoms with Gasteiger partial charge in [-0.05, 0) is 30.5 Å². The second kappa shape index (κ2) is 4.48. The van der Waals surface area contributed by atoms with E-state index < -0.39 is 0 Å². The smallest absolute Gasteiger partial charge is 0.277 e. The first kappa shape index (κ1) is 10.8. The first-order valence-corrected chi connectivity index (χ1v) is 5.87. The van der Waals surface area contributed by atoms with Gasteiger partial charge < -0.3 is 10.6 Å². The number of rotatable bonds is 2. The van der Waals surface area contributed by atoms with Gasteiger partial charge in [0.2, 0.25) is 0 Å². The topological polar surface area (TPSA) is 82.7 Å². The first-order chi connectivity index (χ1) is 8.83. The maximum absolute atomic E-state index is 11.8. The summed E-state index contributed by atoms with van der Waals surface area (Å²) in [4.78, 5) is 11.8. The van der Waals surface area contributed by atoms with Crippen LogP contribution in [0, 0.1) is 0 Å². The van der Waals surface area contributed by atoms with Crippen molar-refractivity contribution < 1.29 is 4.79 Å². The van der Waals surface area contributed by atoms with E-state index >= 15 is 0 Å². The summed E-state index contributed by atoms with van der Waals surface area (Å²) in [6.07, 6.45) is 3.63. The van der Waals surface area contributed by atoms with Gasteiger partial charge in [0, 0.05) is 17.9 Å². The highest BCUT2D eigenvalue weighted by molar-refractivity contribution is 6.02. The Bertz CT molecular complexity index is 564. The van der Waals surface area contributed by atoms with Crippen LogP contribution in [0.15, 0.2) is 24.4 Å². The largest absolute Gasteiger partial charge is 0.385 e. The van der Waals surface area contributed by atoms with E-state index in [9.17, 15) is 4.79 Å². The average molecular weight is 243 g/mol. The van der Waals surface area contributed by atoms with Gasteiger partial charge in [-0.3, -0.25) is 4.79 Å². The number of amides is 1. The highest BCUT2D eigenvalue weighted by Gasteiger charge is 2.12. The molecular formula is C12H13N5O. The third kappa shape index (κ3) is 2.04. The summed E-state index contributed by atoms with van der Waals surface area (Å²) >= 11 is 0. The molecule has 0 atom stereocenters. The molecule has 0 unspecified atom stereocenters. The molecule has 1 aliphatic heterocycles. The zero-order valence-electron chi connectivity index (χ0n) is 9.73. The summed E-state index contributed by atoms with van der Waals surface area (Å²) in [7, 11) is 0. The third-order valence-corrected chi connectivity index (χ3v) is 2.95. The van der Waals surface area contributed by atoms with Gasteiger partial charge in [-0.25, -0.2) is 0 Å². The van der Waals surface area contributed by atoms with Crippen LogP contribution in [0.3, 0.4) is 0 Å². The molecule has 18 heavy (non-hydrogen) atoms. The SMILES string of the molecule is O=C(Nc1ccc2c(c1)NCCC2)c1cn[nH]n1. The lowest BCUT2D eigenvalue weighted by Gasteiger charge is -2.18. The van der Waals surface area contributed by atoms with Crippen molar-refractivity contribution >= 4 is 17.3 Å². The summed E-state index contributed by atoms with van der Waals surface area (Å²) in [5.74, 6) is -0.264. The molecule has 1 aliphatic rings. The second-order valence-corrected chi connectivity index (χ2v) is 4.21. The van der Waals surface area contributed by atoms with Crippen LogP contribution in [0.5, 0.6) is 0 Å². The van der Waals surface area contributed by atoms with Crippen LogP contribution in [0.4, 0.5) is 11.4 Å². The highest BCUT2D eigenvalue weighted by Crippen LogP contribution is 2.25. The van der Waals surface area contributed by atoms with Gasteiger partial charge in [0.05, 0.1) is 6.20 Å². The molecule has 0 aliphatic carbocycles. The van der Waals surface area contributed by atoms with Crippen LogP contribution in [0.2, 0.25) is 0 Å². The Balaban J connectivity index is 1.79. The minimum absolute atomic E-state index is 0.264. The lowest BCUT2D eigenvalue weighted by Crippen LogP contribution is -2.15. The number of nitrogens with one attached hydrogen (secondary N) is 3. The van der Waals surface area contributed by atoms with E-state index in [2.05, 4.69) is 26.0 Å². The minimum Gasteiger partial charge on any atom is -0.385 e. The minimum atomic E-state index is -0.264. The molecule has 0 spiro atoms. The number of fused-ring (bicyclic) bond motifs is 1. The molecule has 3 rings (SSSR count). The molecule has 6 heteroatoms. The summed E-state index contributed by atoms with van der Waals surface area (Å²) in [5, 5.41) is 15.9. The van der Waals surface area contributed by atoms with Gasteiger partial charge in [-0.2, -0.15) is 15.4 Å². The zero-order chi connectivity index (χ0) is 12.4. The standard InChI is InChI=1S/C12H13N5O/c18-12(11-7-14-17-16-11)15-9-4-3-8-2-1-5-13-10(8)6-9/h3-4,6-7,13H,1-2,5H2,(H,15,18)(H,14,16,17). The molecule has 1 aromatic carbocycles. The van der Waals surface area contributed by atoms with E-state index in [0.29, 0.717) is 0 Å². The monoisotopic (exact) mass is 243 g/mol. The maximum Gasteiger partial charge on any atom is 0.277 e. The van der Waals surface area contributed by atoms with Crippen molar-refractivity contribution in [3.8, 4) is 0 Å². The fourth-order valence-electron chi connectivity index (χ4n) is 2.04. The first-order valence-electron chi connectivity index (χ1n) is 5.87. The molecular weight excluding hydrogens is 230 g/mol. The van der Waals surface area contributed by atoms with E-state index in [-0.39, 0.29) is 11.6 Å². The zero-order valence-corrected chi connectivity index (χ0v) is 9.73. The van der Waals surface area contributed by atoms with Crippen LogP contribution in [-0.2, 0) is 6.42 Å². The van der Waals surface area contributed by atoms with Crippen molar-refractivity contribution in [2.75, 3.05) is 17.2 Å². The highest BCUT2D eigenvalue weighted by atomic mass is 16.2. The molecule has 2 heterocycles. The predicted octanol–water partition coefficient (Wildman–Crippen LogP) is 1.42. The van der Waals surface area contributed by atoms with E-state index in [4.69, 9.17) is 0 Å². The van der Waals surface area contributed by atoms with Gasteiger partial charge in [0.25, 0.3) is 5.91 Å². The molecule has 0 bridgehead atoms. The van der Waals surface area contributed by atoms with Gasteiger partial charge >= 0.3 is 0 Å². The lowest BCUT2D eigenvalue weighted by molar-refractivity contribution is 0.102. The number of aryl methyl sites for hydroxylation is 1. The number of anilines is 2. The van der Waals surface area contributed by atoms with Crippen molar-refractivity contribution in [1.29, 1.82) is 0 Å². The van der Waals surface area contributed by atoms with E-state index in [1.807, 2.05) is 18.2 Å². The second-order valence-electron chi connectivity index (χ2n) is 4.21. The normalized spacial score (nSPS) is 13.6. The Hall–Kier alpha value is -2.37. The molecule has 1 amide bonds. The van der Waals surface area contributed by atoms with Crippen LogP contribution in [0.25, 0.3) is 0 Å². The van der Waals surface area contributed by atoms with Crippen molar-refractivity contribution in [3.05, 3.63) is 35.7 Å². The Labute approximate surface area is 104 Å². The number of aromatic amines is 1. The molecule has 1 aromatic heterocycles. The van der Waals surface area contributed by atoms with Crippen LogP contribution >= 0.6 is 0 Å². The summed E-state index contributed by atoms with van der Waals surface area (Å²) in [5.41, 5.74) is 3.43. The molecule has 0 fully saturated rings. The quantitative estimate of drug-likeness (QED) is 0.744. The van der Waals surface area contributed by atoms with Crippen molar-refractivity contribution in [2.45, 2.75) is 12.8 Å². The number of benzene rings is 1. The van der Waals surface area contributed by atoms with Gasteiger partial charge in [0.15, 0.2) is 5.69 Å². The fraction of sp³-hybridized carbons (Fsp3) is 0.250. The number of aromatic nitrogens is 3. The lowest BCUT2D eigenvalue weighted by atomic mass is 10.0. The molecule has 0 saturated carbocycles. The number of H-pyrrole nitrogens is 1. The number of carbonyl (C=O) groups is 1. The summed E-state index contributed by atoms with van der Waals surface area (Å²) < 4.78 is 0. The predicted molar refractivity (Wildman–Crippen MR) is 67.6 cm³/mol. The number of hydrogen-bond acceptors (Lipinski definition) is 4. The maximum atomic E-state index is 11.8. The van der Waals surface area contributed by atoms with Gasteiger partial charge in [0.1, 0.15) is 0 Å². The average Bonchev–Trinajstić information content (AvgIpc) is 2.92. The summed E-state index contributed by atoms with van der Waals surface area (Å²) in [6.45, 7) is 0.980.